The molecule has 0 spiro atoms. The van der Waals surface area contributed by atoms with Gasteiger partial charge in [0.15, 0.2) is 5.76 Å². The molecule has 23 heavy (non-hydrogen) atoms. The van der Waals surface area contributed by atoms with Gasteiger partial charge in [-0.1, -0.05) is 18.2 Å². The Kier molecular flexibility index (Phi) is 3.43. The number of hydrogen-bond acceptors (Lipinski definition) is 4. The van der Waals surface area contributed by atoms with Crippen LogP contribution < -0.4 is 0 Å². The number of amides is 1. The van der Waals surface area contributed by atoms with Gasteiger partial charge in [0.2, 0.25) is 0 Å². The normalized spacial score (nSPS) is 26.9. The summed E-state index contributed by atoms with van der Waals surface area (Å²) >= 11 is 0. The number of nitrogens with zero attached hydrogens (tertiary/aromatic N) is 1. The summed E-state index contributed by atoms with van der Waals surface area (Å²) in [7, 11) is 1.71. The fourth-order valence-electron chi connectivity index (χ4n) is 4.00. The van der Waals surface area contributed by atoms with Crippen LogP contribution in [0.3, 0.4) is 0 Å². The lowest BCUT2D eigenvalue weighted by molar-refractivity contribution is 0.0478. The molecule has 0 saturated carbocycles. The van der Waals surface area contributed by atoms with Crippen LogP contribution in [0, 0.1) is 18.3 Å². The topological polar surface area (TPSA) is 51.9 Å². The highest BCUT2D eigenvalue weighted by Crippen LogP contribution is 2.42. The molecule has 0 N–H and O–H groups in total. The molecule has 2 fully saturated rings. The van der Waals surface area contributed by atoms with E-state index in [0.717, 1.165) is 16.5 Å². The number of aryl methyl sites for hydroxylation is 1. The first-order valence-corrected chi connectivity index (χ1v) is 7.99. The Morgan fingerprint density at radius 2 is 2.26 bits per heavy atom. The average Bonchev–Trinajstić information content (AvgIpc) is 3.18. The highest BCUT2D eigenvalue weighted by Gasteiger charge is 2.52. The molecule has 2 aromatic rings. The third kappa shape index (κ3) is 2.18. The van der Waals surface area contributed by atoms with Gasteiger partial charge in [-0.25, -0.2) is 0 Å². The van der Waals surface area contributed by atoms with Crippen molar-refractivity contribution in [3.8, 4) is 0 Å². The summed E-state index contributed by atoms with van der Waals surface area (Å²) in [5, 5.41) is 1.00. The zero-order valence-corrected chi connectivity index (χ0v) is 13.5. The largest absolute Gasteiger partial charge is 0.451 e. The smallest absolute Gasteiger partial charge is 0.289 e. The summed E-state index contributed by atoms with van der Waals surface area (Å²) in [5.41, 5.74) is 1.62. The average molecular weight is 315 g/mol. The highest BCUT2D eigenvalue weighted by molar-refractivity contribution is 5.99. The van der Waals surface area contributed by atoms with Crippen LogP contribution >= 0.6 is 0 Å². The fourth-order valence-corrected chi connectivity index (χ4v) is 4.00. The van der Waals surface area contributed by atoms with E-state index in [4.69, 9.17) is 13.9 Å². The van der Waals surface area contributed by atoms with Gasteiger partial charge in [0.05, 0.1) is 19.8 Å². The maximum atomic E-state index is 13.0. The van der Waals surface area contributed by atoms with E-state index in [1.807, 2.05) is 36.1 Å². The second-order valence-corrected chi connectivity index (χ2v) is 6.75. The number of fused-ring (bicyclic) bond motifs is 2. The van der Waals surface area contributed by atoms with Gasteiger partial charge in [-0.3, -0.25) is 4.79 Å². The summed E-state index contributed by atoms with van der Waals surface area (Å²) in [5.74, 6) is 0.777. The van der Waals surface area contributed by atoms with Gasteiger partial charge in [-0.15, -0.1) is 0 Å². The van der Waals surface area contributed by atoms with Crippen LogP contribution in [0.1, 0.15) is 16.1 Å². The molecule has 5 heteroatoms. The maximum Gasteiger partial charge on any atom is 0.289 e. The van der Waals surface area contributed by atoms with Crippen molar-refractivity contribution in [1.29, 1.82) is 0 Å². The van der Waals surface area contributed by atoms with E-state index in [-0.39, 0.29) is 11.3 Å². The third-order valence-electron chi connectivity index (χ3n) is 5.28. The van der Waals surface area contributed by atoms with Crippen molar-refractivity contribution in [2.24, 2.45) is 11.3 Å². The number of carbonyl (C=O) groups is 1. The Morgan fingerprint density at radius 3 is 3.04 bits per heavy atom. The van der Waals surface area contributed by atoms with Crippen LogP contribution in [0.4, 0.5) is 0 Å². The van der Waals surface area contributed by atoms with Crippen molar-refractivity contribution in [1.82, 2.24) is 4.90 Å². The number of benzene rings is 1. The van der Waals surface area contributed by atoms with Gasteiger partial charge in [-0.05, 0) is 13.0 Å². The van der Waals surface area contributed by atoms with Crippen molar-refractivity contribution < 1.29 is 18.7 Å². The van der Waals surface area contributed by atoms with Crippen molar-refractivity contribution in [2.75, 3.05) is 40.0 Å². The monoisotopic (exact) mass is 315 g/mol. The molecule has 5 nitrogen and oxygen atoms in total. The number of rotatable bonds is 3. The van der Waals surface area contributed by atoms with Gasteiger partial charge in [0.25, 0.3) is 5.91 Å². The second kappa shape index (κ2) is 5.35. The van der Waals surface area contributed by atoms with Gasteiger partial charge < -0.3 is 18.8 Å². The first kappa shape index (κ1) is 14.7. The number of carbonyl (C=O) groups excluding carboxylic acids is 1. The molecule has 122 valence electrons. The number of furan rings is 1. The molecule has 3 heterocycles. The van der Waals surface area contributed by atoms with Gasteiger partial charge >= 0.3 is 0 Å². The van der Waals surface area contributed by atoms with E-state index >= 15 is 0 Å². The molecule has 1 aromatic heterocycles. The zero-order valence-electron chi connectivity index (χ0n) is 13.5. The van der Waals surface area contributed by atoms with E-state index in [9.17, 15) is 4.79 Å². The minimum Gasteiger partial charge on any atom is -0.451 e. The quantitative estimate of drug-likeness (QED) is 0.873. The van der Waals surface area contributed by atoms with E-state index in [1.165, 1.54) is 0 Å². The summed E-state index contributed by atoms with van der Waals surface area (Å²) in [6.45, 7) is 5.31. The van der Waals surface area contributed by atoms with E-state index in [1.54, 1.807) is 7.11 Å². The van der Waals surface area contributed by atoms with Crippen LogP contribution in [-0.4, -0.2) is 50.8 Å². The number of ether oxygens (including phenoxy) is 2. The van der Waals surface area contributed by atoms with E-state index in [0.29, 0.717) is 44.6 Å². The van der Waals surface area contributed by atoms with Crippen molar-refractivity contribution >= 4 is 16.9 Å². The minimum atomic E-state index is -0.0651. The first-order valence-electron chi connectivity index (χ1n) is 7.99. The Balaban J connectivity index is 1.63. The molecular weight excluding hydrogens is 294 g/mol. The van der Waals surface area contributed by atoms with E-state index < -0.39 is 0 Å². The van der Waals surface area contributed by atoms with Crippen molar-refractivity contribution in [3.05, 3.63) is 35.6 Å². The predicted molar refractivity (Wildman–Crippen MR) is 85.5 cm³/mol. The summed E-state index contributed by atoms with van der Waals surface area (Å²) in [6, 6.07) is 7.77. The zero-order chi connectivity index (χ0) is 16.0. The predicted octanol–water partition coefficient (Wildman–Crippen LogP) is 2.48. The Labute approximate surface area is 135 Å². The second-order valence-electron chi connectivity index (χ2n) is 6.75. The molecule has 1 aromatic carbocycles. The van der Waals surface area contributed by atoms with Crippen molar-refractivity contribution in [2.45, 2.75) is 6.92 Å². The summed E-state index contributed by atoms with van der Waals surface area (Å²) < 4.78 is 16.9. The highest BCUT2D eigenvalue weighted by atomic mass is 16.5. The lowest BCUT2D eigenvalue weighted by Gasteiger charge is -2.25. The number of methoxy groups -OCH3 is 1. The van der Waals surface area contributed by atoms with Crippen LogP contribution in [0.15, 0.2) is 28.7 Å². The van der Waals surface area contributed by atoms with Gasteiger partial charge in [0, 0.05) is 42.5 Å². The van der Waals surface area contributed by atoms with Crippen LogP contribution in [0.5, 0.6) is 0 Å². The van der Waals surface area contributed by atoms with Gasteiger partial charge in [0.1, 0.15) is 5.58 Å². The molecule has 1 amide bonds. The molecule has 0 aliphatic carbocycles. The lowest BCUT2D eigenvalue weighted by atomic mass is 9.82. The first-order chi connectivity index (χ1) is 11.1. The maximum absolute atomic E-state index is 13.0. The lowest BCUT2D eigenvalue weighted by Crippen LogP contribution is -2.37. The van der Waals surface area contributed by atoms with Crippen LogP contribution in [0.25, 0.3) is 11.0 Å². The molecule has 0 bridgehead atoms. The minimum absolute atomic E-state index is 0.0245. The fraction of sp³-hybridized carbons (Fsp3) is 0.500. The molecule has 2 atom stereocenters. The number of hydrogen-bond donors (Lipinski definition) is 0. The molecule has 0 radical (unpaired) electrons. The Bertz CT molecular complexity index is 753. The van der Waals surface area contributed by atoms with Gasteiger partial charge in [-0.2, -0.15) is 0 Å². The summed E-state index contributed by atoms with van der Waals surface area (Å²) in [4.78, 5) is 14.9. The molecule has 2 aliphatic rings. The SMILES string of the molecule is COC[C@]12COC[C@H]1CN(C(=O)c1oc3ccccc3c1C)C2. The van der Waals surface area contributed by atoms with Crippen molar-refractivity contribution in [3.63, 3.8) is 0 Å². The number of likely N-dealkylation sites (tertiary alicyclic amines) is 1. The van der Waals surface area contributed by atoms with Crippen LogP contribution in [0.2, 0.25) is 0 Å². The molecule has 4 rings (SSSR count). The Hall–Kier alpha value is -1.85. The van der Waals surface area contributed by atoms with E-state index in [2.05, 4.69) is 0 Å². The molecular formula is C18H21NO4. The van der Waals surface area contributed by atoms with Crippen LogP contribution in [-0.2, 0) is 9.47 Å². The Morgan fingerprint density at radius 1 is 1.43 bits per heavy atom. The standard InChI is InChI=1S/C18H21NO4/c1-12-14-5-3-4-6-15(14)23-16(12)17(20)19-7-13-8-22-11-18(13,9-19)10-21-2/h3-6,13H,7-11H2,1-2H3/t13-,18-/m1/s1. The molecule has 0 unspecified atom stereocenters. The third-order valence-corrected chi connectivity index (χ3v) is 5.28. The molecule has 2 aliphatic heterocycles. The number of para-hydroxylation sites is 1. The summed E-state index contributed by atoms with van der Waals surface area (Å²) in [6.07, 6.45) is 0. The molecule has 2 saturated heterocycles.